The number of morpholine rings is 1. The van der Waals surface area contributed by atoms with E-state index in [0.717, 1.165) is 5.69 Å². The Morgan fingerprint density at radius 3 is 2.19 bits per heavy atom. The van der Waals surface area contributed by atoms with Gasteiger partial charge in [-0.15, -0.1) is 0 Å². The third kappa shape index (κ3) is 4.65. The fourth-order valence-electron chi connectivity index (χ4n) is 3.89. The van der Waals surface area contributed by atoms with Crippen molar-refractivity contribution in [1.82, 2.24) is 4.31 Å². The molecule has 0 amide bonds. The van der Waals surface area contributed by atoms with Gasteiger partial charge in [0.15, 0.2) is 0 Å². The van der Waals surface area contributed by atoms with Crippen LogP contribution in [-0.4, -0.2) is 70.1 Å². The molecule has 2 aromatic rings. The summed E-state index contributed by atoms with van der Waals surface area (Å²) in [5, 5.41) is 12.0. The Morgan fingerprint density at radius 2 is 1.56 bits per heavy atom. The van der Waals surface area contributed by atoms with Gasteiger partial charge in [0, 0.05) is 51.0 Å². The molecule has 0 aliphatic carbocycles. The van der Waals surface area contributed by atoms with Gasteiger partial charge in [-0.1, -0.05) is 23.2 Å². The molecule has 12 heteroatoms. The zero-order valence-electron chi connectivity index (χ0n) is 17.1. The first-order valence-corrected chi connectivity index (χ1v) is 12.3. The van der Waals surface area contributed by atoms with Crippen molar-refractivity contribution in [2.75, 3.05) is 62.3 Å². The van der Waals surface area contributed by atoms with Crippen LogP contribution in [0.25, 0.3) is 0 Å². The molecule has 32 heavy (non-hydrogen) atoms. The summed E-state index contributed by atoms with van der Waals surface area (Å²) in [5.41, 5.74) is 1.43. The molecule has 2 aliphatic rings. The van der Waals surface area contributed by atoms with Crippen LogP contribution in [0.3, 0.4) is 0 Å². The number of hydrogen-bond donors (Lipinski definition) is 0. The first-order chi connectivity index (χ1) is 15.3. The maximum Gasteiger partial charge on any atom is 0.292 e. The number of piperazine rings is 1. The fraction of sp³-hybridized carbons (Fsp3) is 0.400. The van der Waals surface area contributed by atoms with E-state index < -0.39 is 10.0 Å². The molecule has 0 atom stereocenters. The lowest BCUT2D eigenvalue weighted by atomic mass is 10.2. The Bertz CT molecular complexity index is 1120. The zero-order chi connectivity index (χ0) is 22.9. The summed E-state index contributed by atoms with van der Waals surface area (Å²) >= 11 is 11.9. The smallest absolute Gasteiger partial charge is 0.292 e. The predicted molar refractivity (Wildman–Crippen MR) is 124 cm³/mol. The van der Waals surface area contributed by atoms with Gasteiger partial charge in [-0.2, -0.15) is 4.31 Å². The quantitative estimate of drug-likeness (QED) is 0.459. The lowest BCUT2D eigenvalue weighted by Crippen LogP contribution is -2.48. The first-order valence-electron chi connectivity index (χ1n) is 10.1. The van der Waals surface area contributed by atoms with Gasteiger partial charge in [0.05, 0.1) is 33.1 Å². The van der Waals surface area contributed by atoms with Gasteiger partial charge in [-0.05, 0) is 30.3 Å². The van der Waals surface area contributed by atoms with Crippen molar-refractivity contribution in [3.63, 3.8) is 0 Å². The molecule has 2 aliphatic heterocycles. The van der Waals surface area contributed by atoms with E-state index in [0.29, 0.717) is 50.1 Å². The average molecular weight is 501 g/mol. The van der Waals surface area contributed by atoms with Crippen LogP contribution in [0.5, 0.6) is 0 Å². The van der Waals surface area contributed by atoms with Crippen molar-refractivity contribution in [3.05, 3.63) is 56.6 Å². The highest BCUT2D eigenvalue weighted by Gasteiger charge is 2.30. The minimum atomic E-state index is -3.70. The molecule has 2 aromatic carbocycles. The van der Waals surface area contributed by atoms with Crippen LogP contribution in [0, 0.1) is 10.1 Å². The third-order valence-corrected chi connectivity index (χ3v) is 8.27. The molecule has 0 saturated carbocycles. The van der Waals surface area contributed by atoms with E-state index in [1.54, 1.807) is 6.07 Å². The van der Waals surface area contributed by atoms with Crippen LogP contribution < -0.4 is 9.80 Å². The molecular formula is C20H22Cl2N4O5S. The predicted octanol–water partition coefficient (Wildman–Crippen LogP) is 3.25. The van der Waals surface area contributed by atoms with Crippen molar-refractivity contribution < 1.29 is 18.1 Å². The van der Waals surface area contributed by atoms with E-state index in [2.05, 4.69) is 0 Å². The van der Waals surface area contributed by atoms with E-state index in [9.17, 15) is 18.5 Å². The van der Waals surface area contributed by atoms with Crippen LogP contribution in [0.1, 0.15) is 0 Å². The summed E-state index contributed by atoms with van der Waals surface area (Å²) in [4.78, 5) is 15.2. The van der Waals surface area contributed by atoms with E-state index in [4.69, 9.17) is 27.9 Å². The number of sulfonamides is 1. The summed E-state index contributed by atoms with van der Waals surface area (Å²) in [6.45, 7) is 3.69. The van der Waals surface area contributed by atoms with Crippen molar-refractivity contribution in [3.8, 4) is 0 Å². The highest BCUT2D eigenvalue weighted by molar-refractivity contribution is 7.89. The van der Waals surface area contributed by atoms with E-state index in [-0.39, 0.29) is 33.6 Å². The summed E-state index contributed by atoms with van der Waals surface area (Å²) in [7, 11) is -3.70. The van der Waals surface area contributed by atoms with Gasteiger partial charge < -0.3 is 14.5 Å². The van der Waals surface area contributed by atoms with Gasteiger partial charge in [0.1, 0.15) is 5.69 Å². The standard InChI is InChI=1S/C20H22Cl2N4O5S/c21-17-3-2-16(14-18(17)22)32(29,30)25-7-5-23(6-8-25)15-1-4-19(26(27)28)20(13-15)24-9-11-31-12-10-24/h1-4,13-14H,5-12H2. The number of ether oxygens (including phenoxy) is 1. The highest BCUT2D eigenvalue weighted by atomic mass is 35.5. The Morgan fingerprint density at radius 1 is 0.875 bits per heavy atom. The molecule has 2 heterocycles. The van der Waals surface area contributed by atoms with Crippen molar-refractivity contribution in [2.45, 2.75) is 4.90 Å². The molecule has 0 spiro atoms. The second-order valence-electron chi connectivity index (χ2n) is 7.50. The summed E-state index contributed by atoms with van der Waals surface area (Å²) < 4.78 is 32.7. The topological polar surface area (TPSA) is 96.2 Å². The Kier molecular flexibility index (Phi) is 6.78. The molecule has 0 radical (unpaired) electrons. The van der Waals surface area contributed by atoms with Crippen LogP contribution >= 0.6 is 23.2 Å². The van der Waals surface area contributed by atoms with Crippen LogP contribution in [0.4, 0.5) is 17.1 Å². The molecule has 172 valence electrons. The number of anilines is 2. The van der Waals surface area contributed by atoms with E-state index in [1.807, 2.05) is 15.9 Å². The molecule has 9 nitrogen and oxygen atoms in total. The molecular weight excluding hydrogens is 479 g/mol. The first kappa shape index (κ1) is 23.1. The Balaban J connectivity index is 1.51. The van der Waals surface area contributed by atoms with Crippen LogP contribution in [-0.2, 0) is 14.8 Å². The Labute approximate surface area is 196 Å². The highest BCUT2D eigenvalue weighted by Crippen LogP contribution is 2.34. The van der Waals surface area contributed by atoms with Crippen molar-refractivity contribution in [1.29, 1.82) is 0 Å². The van der Waals surface area contributed by atoms with Crippen LogP contribution in [0.2, 0.25) is 10.0 Å². The minimum Gasteiger partial charge on any atom is -0.378 e. The second-order valence-corrected chi connectivity index (χ2v) is 10.2. The van der Waals surface area contributed by atoms with Crippen molar-refractivity contribution in [2.24, 2.45) is 0 Å². The SMILES string of the molecule is O=[N+]([O-])c1ccc(N2CCN(S(=O)(=O)c3ccc(Cl)c(Cl)c3)CC2)cc1N1CCOCC1. The molecule has 4 rings (SSSR count). The summed E-state index contributed by atoms with van der Waals surface area (Å²) in [6, 6.07) is 9.31. The number of benzene rings is 2. The van der Waals surface area contributed by atoms with Crippen molar-refractivity contribution >= 4 is 50.3 Å². The number of rotatable bonds is 5. The van der Waals surface area contributed by atoms with Crippen LogP contribution in [0.15, 0.2) is 41.3 Å². The van der Waals surface area contributed by atoms with Gasteiger partial charge >= 0.3 is 0 Å². The second kappa shape index (κ2) is 9.40. The molecule has 0 aromatic heterocycles. The lowest BCUT2D eigenvalue weighted by molar-refractivity contribution is -0.384. The fourth-order valence-corrected chi connectivity index (χ4v) is 5.71. The molecule has 0 bridgehead atoms. The maximum absolute atomic E-state index is 13.0. The average Bonchev–Trinajstić information content (AvgIpc) is 2.81. The molecule has 0 unspecified atom stereocenters. The zero-order valence-corrected chi connectivity index (χ0v) is 19.4. The lowest BCUT2D eigenvalue weighted by Gasteiger charge is -2.36. The molecule has 2 fully saturated rings. The summed E-state index contributed by atoms with van der Waals surface area (Å²) in [5.74, 6) is 0. The number of nitro benzene ring substituents is 1. The van der Waals surface area contributed by atoms with E-state index >= 15 is 0 Å². The Hall–Kier alpha value is -2.11. The van der Waals surface area contributed by atoms with Gasteiger partial charge in [-0.3, -0.25) is 10.1 Å². The normalized spacial score (nSPS) is 18.1. The molecule has 2 saturated heterocycles. The summed E-state index contributed by atoms with van der Waals surface area (Å²) in [6.07, 6.45) is 0. The number of nitro groups is 1. The maximum atomic E-state index is 13.0. The minimum absolute atomic E-state index is 0.0523. The van der Waals surface area contributed by atoms with Gasteiger partial charge in [0.25, 0.3) is 5.69 Å². The monoisotopic (exact) mass is 500 g/mol. The number of nitrogens with zero attached hydrogens (tertiary/aromatic N) is 4. The van der Waals surface area contributed by atoms with E-state index in [1.165, 1.54) is 28.6 Å². The van der Waals surface area contributed by atoms with Gasteiger partial charge in [0.2, 0.25) is 10.0 Å². The number of hydrogen-bond acceptors (Lipinski definition) is 7. The third-order valence-electron chi connectivity index (χ3n) is 5.64. The number of halogens is 2. The largest absolute Gasteiger partial charge is 0.378 e. The van der Waals surface area contributed by atoms with Gasteiger partial charge in [-0.25, -0.2) is 8.42 Å². The molecule has 0 N–H and O–H groups in total.